The lowest BCUT2D eigenvalue weighted by Crippen LogP contribution is -2.03. The highest BCUT2D eigenvalue weighted by Gasteiger charge is 2.11. The van der Waals surface area contributed by atoms with Gasteiger partial charge in [0, 0.05) is 31.0 Å². The Morgan fingerprint density at radius 3 is 2.61 bits per heavy atom. The van der Waals surface area contributed by atoms with E-state index >= 15 is 0 Å². The number of hydrogen-bond donors (Lipinski definition) is 2. The minimum Gasteiger partial charge on any atom is -0.507 e. The van der Waals surface area contributed by atoms with Crippen LogP contribution in [0.15, 0.2) is 27.4 Å². The van der Waals surface area contributed by atoms with E-state index < -0.39 is 5.97 Å². The average molecular weight is 320 g/mol. The molecule has 0 radical (unpaired) electrons. The zero-order valence-electron chi connectivity index (χ0n) is 13.0. The van der Waals surface area contributed by atoms with E-state index in [1.165, 1.54) is 19.2 Å². The van der Waals surface area contributed by atoms with Crippen LogP contribution in [0.25, 0.3) is 11.0 Å². The number of carbonyl (C=O) groups is 1. The second kappa shape index (κ2) is 7.67. The lowest BCUT2D eigenvalue weighted by molar-refractivity contribution is -0.137. The van der Waals surface area contributed by atoms with Crippen LogP contribution >= 0.6 is 0 Å². The Morgan fingerprint density at radius 1 is 1.17 bits per heavy atom. The van der Waals surface area contributed by atoms with Crippen LogP contribution in [-0.2, 0) is 11.2 Å². The lowest BCUT2D eigenvalue weighted by atomic mass is 10.1. The van der Waals surface area contributed by atoms with Gasteiger partial charge in [0.1, 0.15) is 28.2 Å². The molecule has 23 heavy (non-hydrogen) atoms. The first kappa shape index (κ1) is 16.9. The molecule has 0 aliphatic rings. The molecule has 124 valence electrons. The summed E-state index contributed by atoms with van der Waals surface area (Å²) < 4.78 is 10.7. The van der Waals surface area contributed by atoms with E-state index in [0.29, 0.717) is 29.9 Å². The first-order valence-corrected chi connectivity index (χ1v) is 7.57. The van der Waals surface area contributed by atoms with Gasteiger partial charge in [0.15, 0.2) is 5.43 Å². The highest BCUT2D eigenvalue weighted by molar-refractivity contribution is 5.84. The fourth-order valence-electron chi connectivity index (χ4n) is 2.46. The molecule has 2 N–H and O–H groups in total. The molecule has 0 aliphatic carbocycles. The molecule has 6 heteroatoms. The van der Waals surface area contributed by atoms with Crippen LogP contribution in [0.2, 0.25) is 0 Å². The summed E-state index contributed by atoms with van der Waals surface area (Å²) in [7, 11) is 1.47. The molecule has 0 amide bonds. The van der Waals surface area contributed by atoms with Crippen LogP contribution in [-0.4, -0.2) is 23.3 Å². The first-order valence-electron chi connectivity index (χ1n) is 7.57. The van der Waals surface area contributed by atoms with Gasteiger partial charge in [0.05, 0.1) is 7.11 Å². The van der Waals surface area contributed by atoms with Gasteiger partial charge in [-0.15, -0.1) is 0 Å². The summed E-state index contributed by atoms with van der Waals surface area (Å²) in [6.07, 6.45) is 3.95. The van der Waals surface area contributed by atoms with Crippen LogP contribution in [0, 0.1) is 0 Å². The molecule has 1 aromatic heterocycles. The van der Waals surface area contributed by atoms with Gasteiger partial charge in [-0.25, -0.2) is 0 Å². The standard InChI is InChI=1S/C17H20O6/c1-22-12-9-14(19)17-13(18)8-11(23-15(17)10-12)6-4-2-3-5-7-16(20)21/h8-10,19H,2-7H2,1H3,(H,20,21). The molecular formula is C17H20O6. The largest absolute Gasteiger partial charge is 0.507 e. The number of ether oxygens (including phenoxy) is 1. The molecule has 0 aliphatic heterocycles. The number of aliphatic carboxylic acids is 1. The van der Waals surface area contributed by atoms with Crippen molar-refractivity contribution in [3.05, 3.63) is 34.2 Å². The molecule has 2 rings (SSSR count). The number of unbranched alkanes of at least 4 members (excludes halogenated alkanes) is 3. The van der Waals surface area contributed by atoms with Crippen LogP contribution in [0.5, 0.6) is 11.5 Å². The Morgan fingerprint density at radius 2 is 1.91 bits per heavy atom. The molecule has 1 aromatic carbocycles. The number of hydrogen-bond acceptors (Lipinski definition) is 5. The number of aromatic hydroxyl groups is 1. The topological polar surface area (TPSA) is 97.0 Å². The maximum absolute atomic E-state index is 12.1. The highest BCUT2D eigenvalue weighted by atomic mass is 16.5. The SMILES string of the molecule is COc1cc(O)c2c(=O)cc(CCCCCCC(=O)O)oc2c1. The summed E-state index contributed by atoms with van der Waals surface area (Å²) in [5.74, 6) is 0.0324. The Kier molecular flexibility index (Phi) is 5.62. The van der Waals surface area contributed by atoms with Crippen molar-refractivity contribution >= 4 is 16.9 Å². The maximum atomic E-state index is 12.1. The molecule has 0 fully saturated rings. The predicted octanol–water partition coefficient (Wildman–Crippen LogP) is 3.08. The van der Waals surface area contributed by atoms with Crippen LogP contribution in [0.1, 0.15) is 37.9 Å². The van der Waals surface area contributed by atoms with Crippen molar-refractivity contribution in [3.8, 4) is 11.5 Å². The Labute approximate surface area is 133 Å². The minimum absolute atomic E-state index is 0.149. The summed E-state index contributed by atoms with van der Waals surface area (Å²) in [6, 6.07) is 4.35. The van der Waals surface area contributed by atoms with Gasteiger partial charge in [-0.2, -0.15) is 0 Å². The third kappa shape index (κ3) is 4.48. The predicted molar refractivity (Wildman–Crippen MR) is 85.1 cm³/mol. The van der Waals surface area contributed by atoms with E-state index in [4.69, 9.17) is 14.3 Å². The molecular weight excluding hydrogens is 300 g/mol. The van der Waals surface area contributed by atoms with Gasteiger partial charge < -0.3 is 19.4 Å². The zero-order chi connectivity index (χ0) is 16.8. The number of rotatable bonds is 8. The summed E-state index contributed by atoms with van der Waals surface area (Å²) in [5.41, 5.74) is 0.0162. The second-order valence-corrected chi connectivity index (χ2v) is 5.40. The van der Waals surface area contributed by atoms with Gasteiger partial charge in [0.25, 0.3) is 0 Å². The summed E-state index contributed by atoms with van der Waals surface area (Å²) >= 11 is 0. The number of phenolic OH excluding ortho intramolecular Hbond substituents is 1. The Bertz CT molecular complexity index is 747. The van der Waals surface area contributed by atoms with E-state index in [2.05, 4.69) is 0 Å². The fourth-order valence-corrected chi connectivity index (χ4v) is 2.46. The van der Waals surface area contributed by atoms with Gasteiger partial charge >= 0.3 is 5.97 Å². The van der Waals surface area contributed by atoms with Gasteiger partial charge in [-0.3, -0.25) is 9.59 Å². The van der Waals surface area contributed by atoms with Crippen molar-refractivity contribution in [1.29, 1.82) is 0 Å². The molecule has 0 saturated carbocycles. The van der Waals surface area contributed by atoms with E-state index in [1.54, 1.807) is 6.07 Å². The Balaban J connectivity index is 2.04. The first-order chi connectivity index (χ1) is 11.0. The highest BCUT2D eigenvalue weighted by Crippen LogP contribution is 2.28. The number of carboxylic acid groups (broad SMARTS) is 1. The second-order valence-electron chi connectivity index (χ2n) is 5.40. The minimum atomic E-state index is -0.778. The summed E-state index contributed by atoms with van der Waals surface area (Å²) in [6.45, 7) is 0. The molecule has 2 aromatic rings. The van der Waals surface area contributed by atoms with Crippen molar-refractivity contribution in [2.75, 3.05) is 7.11 Å². The molecule has 6 nitrogen and oxygen atoms in total. The van der Waals surface area contributed by atoms with Gasteiger partial charge in [-0.1, -0.05) is 12.8 Å². The summed E-state index contributed by atoms with van der Waals surface area (Å²) in [5, 5.41) is 18.6. The number of methoxy groups -OCH3 is 1. The number of carboxylic acids is 1. The van der Waals surface area contributed by atoms with Gasteiger partial charge in [-0.05, 0) is 12.8 Å². The normalized spacial score (nSPS) is 10.8. The number of phenols is 1. The van der Waals surface area contributed by atoms with Crippen LogP contribution in [0.3, 0.4) is 0 Å². The molecule has 0 unspecified atom stereocenters. The van der Waals surface area contributed by atoms with E-state index in [9.17, 15) is 14.7 Å². The third-order valence-corrected chi connectivity index (χ3v) is 3.63. The van der Waals surface area contributed by atoms with Crippen molar-refractivity contribution in [1.82, 2.24) is 0 Å². The van der Waals surface area contributed by atoms with Crippen molar-refractivity contribution in [2.45, 2.75) is 38.5 Å². The smallest absolute Gasteiger partial charge is 0.303 e. The van der Waals surface area contributed by atoms with E-state index in [0.717, 1.165) is 19.3 Å². The number of fused-ring (bicyclic) bond motifs is 1. The monoisotopic (exact) mass is 320 g/mol. The zero-order valence-corrected chi connectivity index (χ0v) is 13.0. The average Bonchev–Trinajstić information content (AvgIpc) is 2.49. The third-order valence-electron chi connectivity index (χ3n) is 3.63. The summed E-state index contributed by atoms with van der Waals surface area (Å²) in [4.78, 5) is 22.5. The molecule has 0 bridgehead atoms. The quantitative estimate of drug-likeness (QED) is 0.725. The van der Waals surface area contributed by atoms with Crippen molar-refractivity contribution < 1.29 is 24.2 Å². The Hall–Kier alpha value is -2.50. The molecule has 0 atom stereocenters. The maximum Gasteiger partial charge on any atom is 0.303 e. The van der Waals surface area contributed by atoms with Crippen molar-refractivity contribution in [3.63, 3.8) is 0 Å². The lowest BCUT2D eigenvalue weighted by Gasteiger charge is -2.06. The van der Waals surface area contributed by atoms with Crippen molar-refractivity contribution in [2.24, 2.45) is 0 Å². The molecule has 0 saturated heterocycles. The van der Waals surface area contributed by atoms with E-state index in [-0.39, 0.29) is 23.0 Å². The molecule has 1 heterocycles. The van der Waals surface area contributed by atoms with Gasteiger partial charge in [0.2, 0.25) is 0 Å². The number of benzene rings is 1. The van der Waals surface area contributed by atoms with Crippen LogP contribution in [0.4, 0.5) is 0 Å². The number of aryl methyl sites for hydroxylation is 1. The fraction of sp³-hybridized carbons (Fsp3) is 0.412. The van der Waals surface area contributed by atoms with Crippen LogP contribution < -0.4 is 10.2 Å². The van der Waals surface area contributed by atoms with E-state index in [1.807, 2.05) is 0 Å². The molecule has 0 spiro atoms.